The molecule has 1 amide bonds. The molecule has 0 aliphatic rings. The quantitative estimate of drug-likeness (QED) is 0.396. The molecule has 0 aliphatic heterocycles. The highest BCUT2D eigenvalue weighted by atomic mass is 35.5. The molecule has 0 spiro atoms. The second kappa shape index (κ2) is 9.56. The average molecular weight is 415 g/mol. The summed E-state index contributed by atoms with van der Waals surface area (Å²) < 4.78 is 5.75. The van der Waals surface area contributed by atoms with Crippen LogP contribution in [0.2, 0.25) is 4.34 Å². The number of rotatable bonds is 8. The van der Waals surface area contributed by atoms with E-state index in [1.54, 1.807) is 12.1 Å². The summed E-state index contributed by atoms with van der Waals surface area (Å²) in [6.07, 6.45) is -1.07. The second-order valence-corrected chi connectivity index (χ2v) is 7.88. The number of anilines is 1. The summed E-state index contributed by atoms with van der Waals surface area (Å²) in [6, 6.07) is 9.41. The van der Waals surface area contributed by atoms with Crippen LogP contribution in [0.25, 0.3) is 0 Å². The van der Waals surface area contributed by atoms with Gasteiger partial charge in [0.25, 0.3) is 11.6 Å². The molecule has 2 aromatic rings. The predicted octanol–water partition coefficient (Wildman–Crippen LogP) is 4.11. The van der Waals surface area contributed by atoms with Crippen LogP contribution >= 0.6 is 34.7 Å². The molecule has 0 saturated carbocycles. The Kier molecular flexibility index (Phi) is 7.43. The molecule has 1 atom stereocenters. The molecule has 0 aliphatic carbocycles. The van der Waals surface area contributed by atoms with Crippen LogP contribution in [0.3, 0.4) is 0 Å². The first-order valence-corrected chi connectivity index (χ1v) is 9.77. The normalized spacial score (nSPS) is 11.6. The highest BCUT2D eigenvalue weighted by Gasteiger charge is 2.21. The Morgan fingerprint density at radius 2 is 2.08 bits per heavy atom. The van der Waals surface area contributed by atoms with Crippen molar-refractivity contribution in [1.82, 2.24) is 0 Å². The Bertz CT molecular complexity index is 811. The number of carbonyl (C=O) groups excluding carboxylic acids is 2. The SMILES string of the molecule is C[C@@H](OC(=O)CSCc1ccc(Cl)s1)C(=O)Nc1ccccc1[N+](=O)[O-]. The van der Waals surface area contributed by atoms with Gasteiger partial charge in [-0.2, -0.15) is 0 Å². The molecule has 1 aromatic carbocycles. The number of thioether (sulfide) groups is 1. The number of amides is 1. The minimum absolute atomic E-state index is 0.0503. The molecule has 1 heterocycles. The number of hydrogen-bond acceptors (Lipinski definition) is 7. The van der Waals surface area contributed by atoms with Gasteiger partial charge in [0, 0.05) is 16.7 Å². The molecular weight excluding hydrogens is 400 g/mol. The van der Waals surface area contributed by atoms with Crippen LogP contribution in [-0.2, 0) is 20.1 Å². The van der Waals surface area contributed by atoms with E-state index in [4.69, 9.17) is 16.3 Å². The van der Waals surface area contributed by atoms with Gasteiger partial charge in [-0.15, -0.1) is 23.1 Å². The predicted molar refractivity (Wildman–Crippen MR) is 103 cm³/mol. The summed E-state index contributed by atoms with van der Waals surface area (Å²) in [5.74, 6) is -0.479. The Morgan fingerprint density at radius 3 is 2.73 bits per heavy atom. The van der Waals surface area contributed by atoms with Crippen molar-refractivity contribution >= 4 is 58.0 Å². The van der Waals surface area contributed by atoms with Gasteiger partial charge in [-0.3, -0.25) is 19.7 Å². The largest absolute Gasteiger partial charge is 0.452 e. The minimum Gasteiger partial charge on any atom is -0.452 e. The second-order valence-electron chi connectivity index (χ2n) is 5.09. The highest BCUT2D eigenvalue weighted by Crippen LogP contribution is 2.25. The van der Waals surface area contributed by atoms with Gasteiger partial charge in [0.2, 0.25) is 0 Å². The van der Waals surface area contributed by atoms with E-state index >= 15 is 0 Å². The zero-order valence-electron chi connectivity index (χ0n) is 13.6. The van der Waals surface area contributed by atoms with E-state index in [-0.39, 0.29) is 17.1 Å². The van der Waals surface area contributed by atoms with Gasteiger partial charge in [-0.1, -0.05) is 23.7 Å². The number of nitro benzene ring substituents is 1. The molecule has 7 nitrogen and oxygen atoms in total. The third-order valence-corrected chi connectivity index (χ3v) is 5.50. The molecule has 0 radical (unpaired) electrons. The van der Waals surface area contributed by atoms with Crippen molar-refractivity contribution in [1.29, 1.82) is 0 Å². The Balaban J connectivity index is 1.81. The fraction of sp³-hybridized carbons (Fsp3) is 0.250. The number of para-hydroxylation sites is 2. The van der Waals surface area contributed by atoms with Crippen molar-refractivity contribution in [2.24, 2.45) is 0 Å². The van der Waals surface area contributed by atoms with E-state index in [1.807, 2.05) is 6.07 Å². The number of nitro groups is 1. The van der Waals surface area contributed by atoms with Gasteiger partial charge < -0.3 is 10.1 Å². The zero-order chi connectivity index (χ0) is 19.1. The monoisotopic (exact) mass is 414 g/mol. The lowest BCUT2D eigenvalue weighted by atomic mass is 10.2. The average Bonchev–Trinajstić information content (AvgIpc) is 3.00. The number of carbonyl (C=O) groups is 2. The fourth-order valence-corrected chi connectivity index (χ4v) is 3.92. The maximum absolute atomic E-state index is 12.1. The first-order valence-electron chi connectivity index (χ1n) is 7.42. The van der Waals surface area contributed by atoms with Crippen LogP contribution in [0.5, 0.6) is 0 Å². The smallest absolute Gasteiger partial charge is 0.316 e. The molecule has 0 fully saturated rings. The lowest BCUT2D eigenvalue weighted by Gasteiger charge is -2.13. The Hall–Kier alpha value is -2.10. The maximum atomic E-state index is 12.1. The third kappa shape index (κ3) is 6.01. The van der Waals surface area contributed by atoms with Crippen molar-refractivity contribution < 1.29 is 19.2 Å². The number of esters is 1. The van der Waals surface area contributed by atoms with Gasteiger partial charge in [-0.25, -0.2) is 0 Å². The van der Waals surface area contributed by atoms with E-state index in [9.17, 15) is 19.7 Å². The first kappa shape index (κ1) is 20.2. The summed E-state index contributed by atoms with van der Waals surface area (Å²) in [5, 5.41) is 13.4. The zero-order valence-corrected chi connectivity index (χ0v) is 16.0. The number of ether oxygens (including phenoxy) is 1. The van der Waals surface area contributed by atoms with Gasteiger partial charge in [0.15, 0.2) is 6.10 Å². The van der Waals surface area contributed by atoms with Crippen LogP contribution in [0.4, 0.5) is 11.4 Å². The molecular formula is C16H15ClN2O5S2. The van der Waals surface area contributed by atoms with Crippen molar-refractivity contribution in [3.8, 4) is 0 Å². The van der Waals surface area contributed by atoms with Crippen LogP contribution < -0.4 is 5.32 Å². The minimum atomic E-state index is -1.07. The summed E-state index contributed by atoms with van der Waals surface area (Å²) in [6.45, 7) is 1.41. The number of nitrogens with one attached hydrogen (secondary N) is 1. The number of thiophene rings is 1. The number of benzene rings is 1. The lowest BCUT2D eigenvalue weighted by molar-refractivity contribution is -0.383. The lowest BCUT2D eigenvalue weighted by Crippen LogP contribution is -2.30. The van der Waals surface area contributed by atoms with E-state index < -0.39 is 22.9 Å². The molecule has 26 heavy (non-hydrogen) atoms. The van der Waals surface area contributed by atoms with Gasteiger partial charge >= 0.3 is 5.97 Å². The number of nitrogens with zero attached hydrogens (tertiary/aromatic N) is 1. The first-order chi connectivity index (χ1) is 12.4. The highest BCUT2D eigenvalue weighted by molar-refractivity contribution is 7.99. The van der Waals surface area contributed by atoms with Gasteiger partial charge in [-0.05, 0) is 25.1 Å². The molecule has 0 unspecified atom stereocenters. The standard InChI is InChI=1S/C16H15ClN2O5S2/c1-10(16(21)18-12-4-2-3-5-13(12)19(22)23)24-15(20)9-25-8-11-6-7-14(17)26-11/h2-7,10H,8-9H2,1H3,(H,18,21)/t10-/m1/s1. The van der Waals surface area contributed by atoms with E-state index in [0.29, 0.717) is 10.1 Å². The molecule has 10 heteroatoms. The summed E-state index contributed by atoms with van der Waals surface area (Å²) in [5.41, 5.74) is -0.182. The van der Waals surface area contributed by atoms with Crippen LogP contribution in [0.15, 0.2) is 36.4 Å². The summed E-state index contributed by atoms with van der Waals surface area (Å²) in [7, 11) is 0. The maximum Gasteiger partial charge on any atom is 0.316 e. The van der Waals surface area contributed by atoms with E-state index in [0.717, 1.165) is 4.88 Å². The van der Waals surface area contributed by atoms with Crippen molar-refractivity contribution in [2.45, 2.75) is 18.8 Å². The van der Waals surface area contributed by atoms with Crippen LogP contribution in [0, 0.1) is 10.1 Å². The van der Waals surface area contributed by atoms with Crippen molar-refractivity contribution in [3.63, 3.8) is 0 Å². The summed E-state index contributed by atoms with van der Waals surface area (Å²) in [4.78, 5) is 35.3. The van der Waals surface area contributed by atoms with Gasteiger partial charge in [0.05, 0.1) is 15.0 Å². The fourth-order valence-electron chi connectivity index (χ4n) is 1.92. The number of hydrogen-bond donors (Lipinski definition) is 1. The third-order valence-electron chi connectivity index (χ3n) is 3.13. The molecule has 0 saturated heterocycles. The Morgan fingerprint density at radius 1 is 1.35 bits per heavy atom. The molecule has 2 rings (SSSR count). The molecule has 138 valence electrons. The van der Waals surface area contributed by atoms with Crippen LogP contribution in [0.1, 0.15) is 11.8 Å². The molecule has 0 bridgehead atoms. The molecule has 1 N–H and O–H groups in total. The van der Waals surface area contributed by atoms with Crippen LogP contribution in [-0.4, -0.2) is 28.7 Å². The van der Waals surface area contributed by atoms with Crippen molar-refractivity contribution in [3.05, 3.63) is 55.7 Å². The topological polar surface area (TPSA) is 98.5 Å². The number of halogens is 1. The van der Waals surface area contributed by atoms with E-state index in [1.165, 1.54) is 48.2 Å². The van der Waals surface area contributed by atoms with Crippen molar-refractivity contribution in [2.75, 3.05) is 11.1 Å². The Labute approximate surface area is 162 Å². The summed E-state index contributed by atoms with van der Waals surface area (Å²) >= 11 is 8.62. The van der Waals surface area contributed by atoms with E-state index in [2.05, 4.69) is 5.32 Å². The molecule has 1 aromatic heterocycles. The van der Waals surface area contributed by atoms with Gasteiger partial charge in [0.1, 0.15) is 5.69 Å².